The predicted molar refractivity (Wildman–Crippen MR) is 76.8 cm³/mol. The van der Waals surface area contributed by atoms with Gasteiger partial charge < -0.3 is 11.1 Å². The summed E-state index contributed by atoms with van der Waals surface area (Å²) >= 11 is 0. The maximum absolute atomic E-state index is 12.5. The minimum atomic E-state index is -4.43. The van der Waals surface area contributed by atoms with Crippen LogP contribution in [0.1, 0.15) is 23.1 Å². The highest BCUT2D eigenvalue weighted by atomic mass is 19.4. The van der Waals surface area contributed by atoms with Crippen molar-refractivity contribution in [2.24, 2.45) is 5.73 Å². The summed E-state index contributed by atoms with van der Waals surface area (Å²) in [7, 11) is 0. The zero-order valence-electron chi connectivity index (χ0n) is 11.7. The molecule has 7 heteroatoms. The molecule has 1 aromatic carbocycles. The van der Waals surface area contributed by atoms with Crippen molar-refractivity contribution in [1.82, 2.24) is 9.97 Å². The molecule has 3 rings (SSSR count). The molecule has 0 aliphatic heterocycles. The van der Waals surface area contributed by atoms with Crippen LogP contribution in [-0.2, 0) is 19.0 Å². The normalized spacial score (nSPS) is 17.9. The molecule has 0 saturated heterocycles. The first-order chi connectivity index (χ1) is 10.4. The molecule has 22 heavy (non-hydrogen) atoms. The molecule has 1 heterocycles. The fourth-order valence-corrected chi connectivity index (χ4v) is 2.53. The molecule has 3 N–H and O–H groups in total. The van der Waals surface area contributed by atoms with Crippen molar-refractivity contribution in [3.8, 4) is 0 Å². The lowest BCUT2D eigenvalue weighted by molar-refractivity contribution is -0.138. The lowest BCUT2D eigenvalue weighted by Gasteiger charge is -2.22. The van der Waals surface area contributed by atoms with Gasteiger partial charge in [-0.15, -0.1) is 0 Å². The third kappa shape index (κ3) is 3.19. The summed E-state index contributed by atoms with van der Waals surface area (Å²) in [4.78, 5) is 7.40. The van der Waals surface area contributed by atoms with E-state index >= 15 is 0 Å². The van der Waals surface area contributed by atoms with Crippen LogP contribution in [0.25, 0.3) is 0 Å². The molecule has 0 unspecified atom stereocenters. The quantitative estimate of drug-likeness (QED) is 0.895. The second-order valence-electron chi connectivity index (χ2n) is 5.40. The number of hydrogen-bond acceptors (Lipinski definition) is 4. The highest BCUT2D eigenvalue weighted by Gasteiger charge is 2.31. The second kappa shape index (κ2) is 5.57. The maximum atomic E-state index is 12.5. The Morgan fingerprint density at radius 1 is 1.14 bits per heavy atom. The number of rotatable bonds is 2. The molecule has 1 aromatic heterocycles. The van der Waals surface area contributed by atoms with Crippen LogP contribution in [0.5, 0.6) is 0 Å². The van der Waals surface area contributed by atoms with Crippen molar-refractivity contribution in [3.05, 3.63) is 47.3 Å². The van der Waals surface area contributed by atoms with E-state index in [9.17, 15) is 13.2 Å². The van der Waals surface area contributed by atoms with E-state index in [1.54, 1.807) is 0 Å². The average molecular weight is 308 g/mol. The van der Waals surface area contributed by atoms with Gasteiger partial charge >= 0.3 is 6.18 Å². The average Bonchev–Trinajstić information content (AvgIpc) is 2.47. The highest BCUT2D eigenvalue weighted by molar-refractivity contribution is 5.56. The van der Waals surface area contributed by atoms with Crippen LogP contribution in [0.15, 0.2) is 30.6 Å². The predicted octanol–water partition coefficient (Wildman–Crippen LogP) is 3.06. The Bertz CT molecular complexity index is 667. The van der Waals surface area contributed by atoms with Gasteiger partial charge in [0.2, 0.25) is 5.95 Å². The molecule has 0 amide bonds. The summed E-state index contributed by atoms with van der Waals surface area (Å²) in [5.41, 5.74) is 8.25. The van der Waals surface area contributed by atoms with Crippen LogP contribution in [0.2, 0.25) is 0 Å². The first kappa shape index (κ1) is 14.8. The molecule has 1 aliphatic carbocycles. The first-order valence-electron chi connectivity index (χ1n) is 6.95. The monoisotopic (exact) mass is 308 g/mol. The Balaban J connectivity index is 1.76. The SMILES string of the molecule is N[C@H]1CCc2cc(Nc3ncc(C(F)(F)F)cn3)ccc2C1. The molecule has 1 atom stereocenters. The van der Waals surface area contributed by atoms with Gasteiger partial charge in [0.25, 0.3) is 0 Å². The van der Waals surface area contributed by atoms with Crippen LogP contribution >= 0.6 is 0 Å². The van der Waals surface area contributed by atoms with E-state index in [1.807, 2.05) is 18.2 Å². The smallest absolute Gasteiger partial charge is 0.327 e. The lowest BCUT2D eigenvalue weighted by atomic mass is 9.88. The van der Waals surface area contributed by atoms with E-state index in [-0.39, 0.29) is 12.0 Å². The number of nitrogens with two attached hydrogens (primary N) is 1. The standard InChI is InChI=1S/C15H15F3N4/c16-15(17,18)11-7-20-14(21-8-11)22-13-4-2-9-5-12(19)3-1-10(9)6-13/h2,4,6-8,12H,1,3,5,19H2,(H,20,21,22)/t12-/m0/s1. The third-order valence-corrected chi connectivity index (χ3v) is 3.71. The number of alkyl halides is 3. The summed E-state index contributed by atoms with van der Waals surface area (Å²) in [5.74, 6) is 0.139. The zero-order valence-corrected chi connectivity index (χ0v) is 11.7. The van der Waals surface area contributed by atoms with E-state index in [1.165, 1.54) is 11.1 Å². The van der Waals surface area contributed by atoms with Gasteiger partial charge in [-0.2, -0.15) is 13.2 Å². The van der Waals surface area contributed by atoms with Crippen molar-refractivity contribution in [2.75, 3.05) is 5.32 Å². The number of halogens is 3. The minimum Gasteiger partial charge on any atom is -0.327 e. The molecular weight excluding hydrogens is 293 g/mol. The number of benzene rings is 1. The minimum absolute atomic E-state index is 0.139. The number of nitrogens with one attached hydrogen (secondary N) is 1. The van der Waals surface area contributed by atoms with Crippen molar-refractivity contribution in [3.63, 3.8) is 0 Å². The molecule has 2 aromatic rings. The number of aryl methyl sites for hydroxylation is 1. The molecular formula is C15H15F3N4. The highest BCUT2D eigenvalue weighted by Crippen LogP contribution is 2.29. The fourth-order valence-electron chi connectivity index (χ4n) is 2.53. The Hall–Kier alpha value is -2.15. The van der Waals surface area contributed by atoms with Crippen LogP contribution in [0.4, 0.5) is 24.8 Å². The van der Waals surface area contributed by atoms with Crippen molar-refractivity contribution in [1.29, 1.82) is 0 Å². The third-order valence-electron chi connectivity index (χ3n) is 3.71. The number of fused-ring (bicyclic) bond motifs is 1. The number of aromatic nitrogens is 2. The number of nitrogens with zero attached hydrogens (tertiary/aromatic N) is 2. The maximum Gasteiger partial charge on any atom is 0.419 e. The van der Waals surface area contributed by atoms with E-state index in [0.717, 1.165) is 37.3 Å². The van der Waals surface area contributed by atoms with Crippen LogP contribution in [0.3, 0.4) is 0 Å². The first-order valence-corrected chi connectivity index (χ1v) is 6.95. The van der Waals surface area contributed by atoms with Crippen molar-refractivity contribution < 1.29 is 13.2 Å². The van der Waals surface area contributed by atoms with Crippen LogP contribution < -0.4 is 11.1 Å². The molecule has 0 radical (unpaired) electrons. The molecule has 1 aliphatic rings. The van der Waals surface area contributed by atoms with Gasteiger partial charge in [-0.25, -0.2) is 9.97 Å². The van der Waals surface area contributed by atoms with E-state index in [2.05, 4.69) is 15.3 Å². The van der Waals surface area contributed by atoms with Gasteiger partial charge in [0.05, 0.1) is 5.56 Å². The topological polar surface area (TPSA) is 63.8 Å². The Kier molecular flexibility index (Phi) is 3.74. The van der Waals surface area contributed by atoms with Gasteiger partial charge in [-0.3, -0.25) is 0 Å². The second-order valence-corrected chi connectivity index (χ2v) is 5.40. The lowest BCUT2D eigenvalue weighted by Crippen LogP contribution is -2.27. The van der Waals surface area contributed by atoms with E-state index < -0.39 is 11.7 Å². The van der Waals surface area contributed by atoms with Gasteiger partial charge in [-0.1, -0.05) is 6.07 Å². The molecule has 0 fully saturated rings. The molecule has 0 saturated carbocycles. The van der Waals surface area contributed by atoms with E-state index in [0.29, 0.717) is 0 Å². The molecule has 0 spiro atoms. The van der Waals surface area contributed by atoms with Gasteiger partial charge in [0, 0.05) is 24.1 Å². The molecule has 0 bridgehead atoms. The Morgan fingerprint density at radius 3 is 2.55 bits per heavy atom. The van der Waals surface area contributed by atoms with Crippen molar-refractivity contribution in [2.45, 2.75) is 31.5 Å². The van der Waals surface area contributed by atoms with Crippen molar-refractivity contribution >= 4 is 11.6 Å². The fraction of sp³-hybridized carbons (Fsp3) is 0.333. The summed E-state index contributed by atoms with van der Waals surface area (Å²) in [6.45, 7) is 0. The van der Waals surface area contributed by atoms with Gasteiger partial charge in [-0.05, 0) is 42.5 Å². The van der Waals surface area contributed by atoms with E-state index in [4.69, 9.17) is 5.73 Å². The molecule has 116 valence electrons. The Morgan fingerprint density at radius 2 is 1.86 bits per heavy atom. The van der Waals surface area contributed by atoms with Gasteiger partial charge in [0.1, 0.15) is 0 Å². The summed E-state index contributed by atoms with van der Waals surface area (Å²) in [6, 6.07) is 6.02. The number of hydrogen-bond donors (Lipinski definition) is 2. The zero-order chi connectivity index (χ0) is 15.7. The summed E-state index contributed by atoms with van der Waals surface area (Å²) < 4.78 is 37.4. The Labute approximate surface area is 125 Å². The largest absolute Gasteiger partial charge is 0.419 e. The van der Waals surface area contributed by atoms with Gasteiger partial charge in [0.15, 0.2) is 0 Å². The van der Waals surface area contributed by atoms with Crippen LogP contribution in [0, 0.1) is 0 Å². The molecule has 4 nitrogen and oxygen atoms in total. The summed E-state index contributed by atoms with van der Waals surface area (Å²) in [5, 5.41) is 2.92. The van der Waals surface area contributed by atoms with Crippen LogP contribution in [-0.4, -0.2) is 16.0 Å². The number of anilines is 2. The summed E-state index contributed by atoms with van der Waals surface area (Å²) in [6.07, 6.45) is -0.192.